The van der Waals surface area contributed by atoms with Gasteiger partial charge in [0.05, 0.1) is 18.5 Å². The van der Waals surface area contributed by atoms with E-state index < -0.39 is 0 Å². The molecule has 0 saturated heterocycles. The molecule has 0 spiro atoms. The van der Waals surface area contributed by atoms with E-state index in [1.165, 1.54) is 12.1 Å². The maximum atomic E-state index is 13.5. The minimum Gasteiger partial charge on any atom is -0.496 e. The molecule has 0 unspecified atom stereocenters. The molecule has 0 aliphatic rings. The van der Waals surface area contributed by atoms with Crippen LogP contribution in [0.4, 0.5) is 16.0 Å². The van der Waals surface area contributed by atoms with E-state index >= 15 is 0 Å². The predicted octanol–water partition coefficient (Wildman–Crippen LogP) is 4.64. The highest BCUT2D eigenvalue weighted by molar-refractivity contribution is 5.99. The summed E-state index contributed by atoms with van der Waals surface area (Å²) in [5.74, 6) is 0.402. The summed E-state index contributed by atoms with van der Waals surface area (Å²) in [5, 5.41) is 0. The Kier molecular flexibility index (Phi) is 6.49. The molecule has 0 aliphatic heterocycles. The number of benzene rings is 2. The summed E-state index contributed by atoms with van der Waals surface area (Å²) in [6.07, 6.45) is 0.631. The molecule has 2 aromatic heterocycles. The normalized spacial score (nSPS) is 10.8. The van der Waals surface area contributed by atoms with E-state index in [0.717, 1.165) is 5.56 Å². The van der Waals surface area contributed by atoms with Gasteiger partial charge in [-0.2, -0.15) is 0 Å². The number of carbonyl (C=O) groups excluding carboxylic acids is 1. The van der Waals surface area contributed by atoms with E-state index in [2.05, 4.69) is 15.0 Å². The molecule has 2 aromatic carbocycles. The van der Waals surface area contributed by atoms with Gasteiger partial charge in [-0.05, 0) is 61.4 Å². The third-order valence-corrected chi connectivity index (χ3v) is 5.37. The summed E-state index contributed by atoms with van der Waals surface area (Å²) in [6, 6.07) is 16.8. The van der Waals surface area contributed by atoms with Crippen molar-refractivity contribution in [2.45, 2.75) is 19.8 Å². The molecule has 0 radical (unpaired) electrons. The number of aromatic nitrogens is 3. The number of para-hydroxylation sites is 1. The van der Waals surface area contributed by atoms with E-state index in [1.54, 1.807) is 31.4 Å². The van der Waals surface area contributed by atoms with Gasteiger partial charge in [0.2, 0.25) is 0 Å². The molecule has 2 heterocycles. The minimum atomic E-state index is -0.377. The Hall–Kier alpha value is -4.33. The third kappa shape index (κ3) is 4.85. The van der Waals surface area contributed by atoms with Crippen LogP contribution in [0.3, 0.4) is 0 Å². The number of ketones is 1. The number of nitrogen functional groups attached to an aromatic ring is 2. The van der Waals surface area contributed by atoms with Crippen molar-refractivity contribution in [3.05, 3.63) is 83.4 Å². The zero-order chi connectivity index (χ0) is 24.2. The highest BCUT2D eigenvalue weighted by atomic mass is 19.1. The molecule has 4 N–H and O–H groups in total. The Bertz CT molecular complexity index is 1340. The summed E-state index contributed by atoms with van der Waals surface area (Å²) in [4.78, 5) is 26.5. The highest BCUT2D eigenvalue weighted by Gasteiger charge is 2.21. The van der Waals surface area contributed by atoms with Crippen LogP contribution in [-0.2, 0) is 6.42 Å². The van der Waals surface area contributed by atoms with Crippen LogP contribution >= 0.6 is 0 Å². The van der Waals surface area contributed by atoms with Gasteiger partial charge >= 0.3 is 0 Å². The molecule has 0 fully saturated rings. The molecule has 4 rings (SSSR count). The number of halogens is 1. The SMILES string of the molecule is COc1ccccc1CCC(=O)c1nc(-c2cc(C)nc(N)c2)c(-c2ccc(F)cc2)nc1N. The van der Waals surface area contributed by atoms with Crippen LogP contribution in [0.1, 0.15) is 28.2 Å². The maximum Gasteiger partial charge on any atom is 0.185 e. The smallest absolute Gasteiger partial charge is 0.185 e. The maximum absolute atomic E-state index is 13.5. The Morgan fingerprint density at radius 2 is 1.65 bits per heavy atom. The van der Waals surface area contributed by atoms with Gasteiger partial charge < -0.3 is 16.2 Å². The standard InChI is InChI=1S/C26H24FN5O2/c1-15-13-18(14-22(28)30-15)24-23(17-7-10-19(27)11-8-17)32-26(29)25(31-24)20(33)12-9-16-5-3-4-6-21(16)34-2/h3-8,10-11,13-14H,9,12H2,1-2H3,(H2,28,30)(H2,29,32). The summed E-state index contributed by atoms with van der Waals surface area (Å²) >= 11 is 0. The Labute approximate surface area is 196 Å². The van der Waals surface area contributed by atoms with Gasteiger partial charge in [0.1, 0.15) is 23.1 Å². The van der Waals surface area contributed by atoms with Crippen molar-refractivity contribution in [3.8, 4) is 28.3 Å². The summed E-state index contributed by atoms with van der Waals surface area (Å²) in [7, 11) is 1.59. The molecule has 34 heavy (non-hydrogen) atoms. The van der Waals surface area contributed by atoms with Crippen LogP contribution < -0.4 is 16.2 Å². The fourth-order valence-corrected chi connectivity index (χ4v) is 3.77. The quantitative estimate of drug-likeness (QED) is 0.388. The van der Waals surface area contributed by atoms with Crippen molar-refractivity contribution in [2.75, 3.05) is 18.6 Å². The number of nitrogens with zero attached hydrogens (tertiary/aromatic N) is 3. The molecule has 172 valence electrons. The summed E-state index contributed by atoms with van der Waals surface area (Å²) in [6.45, 7) is 1.81. The number of carbonyl (C=O) groups is 1. The Balaban J connectivity index is 1.76. The van der Waals surface area contributed by atoms with Gasteiger partial charge in [0.25, 0.3) is 0 Å². The highest BCUT2D eigenvalue weighted by Crippen LogP contribution is 2.32. The van der Waals surface area contributed by atoms with Crippen molar-refractivity contribution < 1.29 is 13.9 Å². The lowest BCUT2D eigenvalue weighted by atomic mass is 10.0. The number of ether oxygens (including phenoxy) is 1. The van der Waals surface area contributed by atoms with Crippen LogP contribution in [0.5, 0.6) is 5.75 Å². The van der Waals surface area contributed by atoms with E-state index in [9.17, 15) is 9.18 Å². The predicted molar refractivity (Wildman–Crippen MR) is 130 cm³/mol. The first-order valence-electron chi connectivity index (χ1n) is 10.7. The summed E-state index contributed by atoms with van der Waals surface area (Å²) in [5.41, 5.74) is 15.9. The number of pyridine rings is 1. The van der Waals surface area contributed by atoms with Crippen molar-refractivity contribution in [1.29, 1.82) is 0 Å². The second-order valence-electron chi connectivity index (χ2n) is 7.82. The fraction of sp³-hybridized carbons (Fsp3) is 0.154. The van der Waals surface area contributed by atoms with E-state index in [-0.39, 0.29) is 29.5 Å². The molecule has 0 atom stereocenters. The monoisotopic (exact) mass is 457 g/mol. The van der Waals surface area contributed by atoms with Crippen LogP contribution in [0.15, 0.2) is 60.7 Å². The number of nitrogens with two attached hydrogens (primary N) is 2. The van der Waals surface area contributed by atoms with Gasteiger partial charge in [-0.15, -0.1) is 0 Å². The lowest BCUT2D eigenvalue weighted by molar-refractivity contribution is 0.0978. The van der Waals surface area contributed by atoms with Crippen LogP contribution in [0.25, 0.3) is 22.5 Å². The van der Waals surface area contributed by atoms with E-state index in [0.29, 0.717) is 46.2 Å². The number of hydrogen-bond donors (Lipinski definition) is 2. The largest absolute Gasteiger partial charge is 0.496 e. The third-order valence-electron chi connectivity index (χ3n) is 5.37. The van der Waals surface area contributed by atoms with Crippen LogP contribution in [-0.4, -0.2) is 27.8 Å². The number of aryl methyl sites for hydroxylation is 2. The lowest BCUT2D eigenvalue weighted by Gasteiger charge is -2.14. The Morgan fingerprint density at radius 3 is 2.35 bits per heavy atom. The molecule has 0 aliphatic carbocycles. The van der Waals surface area contributed by atoms with Gasteiger partial charge in [-0.25, -0.2) is 19.3 Å². The van der Waals surface area contributed by atoms with E-state index in [4.69, 9.17) is 16.2 Å². The molecule has 0 amide bonds. The molecule has 0 saturated carbocycles. The number of anilines is 2. The van der Waals surface area contributed by atoms with Gasteiger partial charge in [-0.1, -0.05) is 18.2 Å². The van der Waals surface area contributed by atoms with Crippen LogP contribution in [0.2, 0.25) is 0 Å². The molecule has 8 heteroatoms. The zero-order valence-corrected chi connectivity index (χ0v) is 18.9. The average molecular weight is 458 g/mol. The number of rotatable bonds is 7. The number of Topliss-reactive ketones (excluding diaryl/α,β-unsaturated/α-hetero) is 1. The average Bonchev–Trinajstić information content (AvgIpc) is 2.82. The van der Waals surface area contributed by atoms with Gasteiger partial charge in [0, 0.05) is 23.2 Å². The minimum absolute atomic E-state index is 0.00634. The molecule has 7 nitrogen and oxygen atoms in total. The van der Waals surface area contributed by atoms with Crippen molar-refractivity contribution in [3.63, 3.8) is 0 Å². The van der Waals surface area contributed by atoms with Crippen molar-refractivity contribution in [1.82, 2.24) is 15.0 Å². The second-order valence-corrected chi connectivity index (χ2v) is 7.82. The Morgan fingerprint density at radius 1 is 0.941 bits per heavy atom. The number of methoxy groups -OCH3 is 1. The van der Waals surface area contributed by atoms with Gasteiger partial charge in [0.15, 0.2) is 11.6 Å². The first kappa shape index (κ1) is 22.8. The van der Waals surface area contributed by atoms with Crippen molar-refractivity contribution >= 4 is 17.4 Å². The fourth-order valence-electron chi connectivity index (χ4n) is 3.77. The molecule has 0 bridgehead atoms. The summed E-state index contributed by atoms with van der Waals surface area (Å²) < 4.78 is 18.9. The topological polar surface area (TPSA) is 117 Å². The molecular weight excluding hydrogens is 433 g/mol. The first-order chi connectivity index (χ1) is 16.4. The molecule has 4 aromatic rings. The number of hydrogen-bond acceptors (Lipinski definition) is 7. The van der Waals surface area contributed by atoms with Crippen molar-refractivity contribution in [2.24, 2.45) is 0 Å². The lowest BCUT2D eigenvalue weighted by Crippen LogP contribution is -2.12. The van der Waals surface area contributed by atoms with Gasteiger partial charge in [-0.3, -0.25) is 4.79 Å². The zero-order valence-electron chi connectivity index (χ0n) is 18.9. The van der Waals surface area contributed by atoms with E-state index in [1.807, 2.05) is 31.2 Å². The van der Waals surface area contributed by atoms with Crippen LogP contribution in [0, 0.1) is 12.7 Å². The first-order valence-corrected chi connectivity index (χ1v) is 10.7. The molecular formula is C26H24FN5O2. The second kappa shape index (κ2) is 9.66.